The molecule has 0 radical (unpaired) electrons. The molecule has 1 unspecified atom stereocenters. The quantitative estimate of drug-likeness (QED) is 0.440. The summed E-state index contributed by atoms with van der Waals surface area (Å²) in [6.07, 6.45) is 11.5. The lowest BCUT2D eigenvalue weighted by Crippen LogP contribution is -2.66. The standard InChI is InChI=1S/C31H50O4/c1-26(2)21-10-13-29(5)22(28(21,4)12-11-23(26)32)9-8-19-20-16-27(3)14-15-31(20,18-35-25(27)34-7)24(33)17-30(19,29)6/h8,20-25,32-33H,9-18H2,1-7H3/t20-,21-,22+,23-,24+,25?,27+,28-,29+,30+,31+/m0/s1. The van der Waals surface area contributed by atoms with Gasteiger partial charge in [0.15, 0.2) is 6.29 Å². The van der Waals surface area contributed by atoms with Crippen LogP contribution in [0.5, 0.6) is 0 Å². The molecule has 2 bridgehead atoms. The van der Waals surface area contributed by atoms with Crippen LogP contribution in [-0.4, -0.2) is 42.4 Å². The van der Waals surface area contributed by atoms with Crippen molar-refractivity contribution >= 4 is 0 Å². The summed E-state index contributed by atoms with van der Waals surface area (Å²) in [5.74, 6) is 1.53. The number of fused-ring (bicyclic) bond motifs is 8. The Hall–Kier alpha value is -0.420. The molecule has 35 heavy (non-hydrogen) atoms. The number of hydrogen-bond acceptors (Lipinski definition) is 4. The molecule has 2 saturated heterocycles. The molecule has 11 atom stereocenters. The number of aliphatic hydroxyl groups is 2. The summed E-state index contributed by atoms with van der Waals surface area (Å²) in [7, 11) is 1.78. The first-order valence-electron chi connectivity index (χ1n) is 14.5. The summed E-state index contributed by atoms with van der Waals surface area (Å²) < 4.78 is 12.3. The van der Waals surface area contributed by atoms with Crippen molar-refractivity contribution in [3.63, 3.8) is 0 Å². The minimum Gasteiger partial charge on any atom is -0.393 e. The molecule has 1 spiro atoms. The van der Waals surface area contributed by atoms with Gasteiger partial charge in [-0.15, -0.1) is 0 Å². The second-order valence-corrected chi connectivity index (χ2v) is 15.4. The van der Waals surface area contributed by atoms with E-state index in [4.69, 9.17) is 9.47 Å². The second-order valence-electron chi connectivity index (χ2n) is 15.4. The average Bonchev–Trinajstić information content (AvgIpc) is 3.01. The summed E-state index contributed by atoms with van der Waals surface area (Å²) in [6.45, 7) is 15.3. The van der Waals surface area contributed by atoms with E-state index in [0.717, 1.165) is 44.9 Å². The van der Waals surface area contributed by atoms with Crippen LogP contribution in [0, 0.1) is 50.2 Å². The molecule has 4 heteroatoms. The van der Waals surface area contributed by atoms with E-state index in [1.807, 2.05) is 0 Å². The van der Waals surface area contributed by atoms with Gasteiger partial charge in [-0.2, -0.15) is 0 Å². The van der Waals surface area contributed by atoms with Crippen LogP contribution in [0.3, 0.4) is 0 Å². The summed E-state index contributed by atoms with van der Waals surface area (Å²) >= 11 is 0. The van der Waals surface area contributed by atoms with Crippen molar-refractivity contribution in [2.45, 2.75) is 118 Å². The van der Waals surface area contributed by atoms with Crippen LogP contribution in [0.25, 0.3) is 0 Å². The maximum atomic E-state index is 12.0. The first-order valence-corrected chi connectivity index (χ1v) is 14.5. The Kier molecular flexibility index (Phi) is 5.24. The predicted molar refractivity (Wildman–Crippen MR) is 138 cm³/mol. The number of aliphatic hydroxyl groups excluding tert-OH is 2. The molecular weight excluding hydrogens is 436 g/mol. The van der Waals surface area contributed by atoms with E-state index in [2.05, 4.69) is 47.6 Å². The minimum atomic E-state index is -0.333. The van der Waals surface area contributed by atoms with Gasteiger partial charge < -0.3 is 19.7 Å². The Morgan fingerprint density at radius 1 is 0.886 bits per heavy atom. The molecule has 0 aromatic rings. The molecule has 0 aromatic carbocycles. The molecule has 5 aliphatic carbocycles. The van der Waals surface area contributed by atoms with Crippen molar-refractivity contribution < 1.29 is 19.7 Å². The van der Waals surface area contributed by atoms with Crippen molar-refractivity contribution in [2.75, 3.05) is 13.7 Å². The van der Waals surface area contributed by atoms with E-state index >= 15 is 0 Å². The Morgan fingerprint density at radius 2 is 1.63 bits per heavy atom. The SMILES string of the molecule is COC1OC[C@]23CC[C@]1(C)C[C@H]2C1=CC[C@@H]2[C@@]4(C)CC[C@H](O)C(C)(C)[C@@H]4CC[C@@]2(C)[C@]1(C)C[C@H]3O. The maximum absolute atomic E-state index is 12.0. The van der Waals surface area contributed by atoms with Gasteiger partial charge in [-0.3, -0.25) is 0 Å². The lowest BCUT2D eigenvalue weighted by molar-refractivity contribution is -0.215. The fraction of sp³-hybridized carbons (Fsp3) is 0.935. The van der Waals surface area contributed by atoms with Gasteiger partial charge in [0.25, 0.3) is 0 Å². The van der Waals surface area contributed by atoms with Crippen LogP contribution >= 0.6 is 0 Å². The monoisotopic (exact) mass is 486 g/mol. The molecule has 4 nitrogen and oxygen atoms in total. The van der Waals surface area contributed by atoms with Gasteiger partial charge in [0.2, 0.25) is 0 Å². The van der Waals surface area contributed by atoms with E-state index < -0.39 is 0 Å². The Labute approximate surface area is 213 Å². The van der Waals surface area contributed by atoms with E-state index in [9.17, 15) is 10.2 Å². The maximum Gasteiger partial charge on any atom is 0.162 e. The predicted octanol–water partition coefficient (Wildman–Crippen LogP) is 6.10. The molecular formula is C31H50O4. The fourth-order valence-corrected chi connectivity index (χ4v) is 11.5. The van der Waals surface area contributed by atoms with Crippen LogP contribution in [0.2, 0.25) is 0 Å². The molecule has 7 rings (SSSR count). The largest absolute Gasteiger partial charge is 0.393 e. The zero-order valence-electron chi connectivity index (χ0n) is 23.3. The van der Waals surface area contributed by atoms with Gasteiger partial charge in [-0.05, 0) is 97.2 Å². The molecule has 4 saturated carbocycles. The Bertz CT molecular complexity index is 927. The normalized spacial score (nSPS) is 58.8. The van der Waals surface area contributed by atoms with Crippen molar-refractivity contribution in [2.24, 2.45) is 50.2 Å². The van der Waals surface area contributed by atoms with Crippen LogP contribution in [0.4, 0.5) is 0 Å². The van der Waals surface area contributed by atoms with Gasteiger partial charge >= 0.3 is 0 Å². The van der Waals surface area contributed by atoms with Crippen molar-refractivity contribution in [3.8, 4) is 0 Å². The third kappa shape index (κ3) is 2.84. The van der Waals surface area contributed by atoms with E-state index in [1.54, 1.807) is 12.7 Å². The molecule has 2 heterocycles. The molecule has 7 aliphatic rings. The number of allylic oxidation sites excluding steroid dienone is 2. The first kappa shape index (κ1) is 24.9. The number of ether oxygens (including phenoxy) is 2. The number of rotatable bonds is 1. The zero-order chi connectivity index (χ0) is 25.2. The van der Waals surface area contributed by atoms with Crippen LogP contribution < -0.4 is 0 Å². The topological polar surface area (TPSA) is 58.9 Å². The highest BCUT2D eigenvalue weighted by Gasteiger charge is 2.71. The lowest BCUT2D eigenvalue weighted by Gasteiger charge is -2.71. The van der Waals surface area contributed by atoms with Crippen LogP contribution in [0.1, 0.15) is 99.3 Å². The third-order valence-corrected chi connectivity index (χ3v) is 14.0. The molecule has 2 aliphatic heterocycles. The van der Waals surface area contributed by atoms with Crippen molar-refractivity contribution in [3.05, 3.63) is 11.6 Å². The van der Waals surface area contributed by atoms with Gasteiger partial charge in [0.05, 0.1) is 18.8 Å². The first-order chi connectivity index (χ1) is 16.3. The van der Waals surface area contributed by atoms with Gasteiger partial charge in [0.1, 0.15) is 0 Å². The lowest BCUT2D eigenvalue weighted by atomic mass is 9.33. The van der Waals surface area contributed by atoms with Crippen molar-refractivity contribution in [1.29, 1.82) is 0 Å². The van der Waals surface area contributed by atoms with E-state index in [1.165, 1.54) is 12.8 Å². The molecule has 0 amide bonds. The zero-order valence-corrected chi connectivity index (χ0v) is 23.3. The summed E-state index contributed by atoms with van der Waals surface area (Å²) in [6, 6.07) is 0. The van der Waals surface area contributed by atoms with Gasteiger partial charge in [0, 0.05) is 17.9 Å². The average molecular weight is 487 g/mol. The second kappa shape index (κ2) is 7.36. The molecule has 0 aromatic heterocycles. The van der Waals surface area contributed by atoms with E-state index in [0.29, 0.717) is 24.4 Å². The molecule has 2 N–H and O–H groups in total. The van der Waals surface area contributed by atoms with Gasteiger partial charge in [-0.25, -0.2) is 0 Å². The summed E-state index contributed by atoms with van der Waals surface area (Å²) in [4.78, 5) is 0. The minimum absolute atomic E-state index is 0.00282. The number of hydrogen-bond donors (Lipinski definition) is 2. The van der Waals surface area contributed by atoms with Gasteiger partial charge in [-0.1, -0.05) is 53.2 Å². The molecule has 198 valence electrons. The Morgan fingerprint density at radius 3 is 2.34 bits per heavy atom. The molecule has 6 fully saturated rings. The van der Waals surface area contributed by atoms with E-state index in [-0.39, 0.29) is 51.0 Å². The van der Waals surface area contributed by atoms with Crippen LogP contribution in [0.15, 0.2) is 11.6 Å². The third-order valence-electron chi connectivity index (χ3n) is 14.0. The fourth-order valence-electron chi connectivity index (χ4n) is 11.5. The number of methoxy groups -OCH3 is 1. The summed E-state index contributed by atoms with van der Waals surface area (Å²) in [5.41, 5.74) is 1.85. The highest BCUT2D eigenvalue weighted by atomic mass is 16.7. The van der Waals surface area contributed by atoms with Crippen LogP contribution in [-0.2, 0) is 9.47 Å². The summed E-state index contributed by atoms with van der Waals surface area (Å²) in [5, 5.41) is 22.9. The Balaban J connectivity index is 1.44. The highest BCUT2D eigenvalue weighted by molar-refractivity contribution is 5.35. The highest BCUT2D eigenvalue weighted by Crippen LogP contribution is 2.76. The van der Waals surface area contributed by atoms with Crippen molar-refractivity contribution in [1.82, 2.24) is 0 Å². The smallest absolute Gasteiger partial charge is 0.162 e.